The Labute approximate surface area is 115 Å². The van der Waals surface area contributed by atoms with E-state index in [-0.39, 0.29) is 0 Å². The fraction of sp³-hybridized carbons (Fsp3) is 0.778. The van der Waals surface area contributed by atoms with Crippen molar-refractivity contribution in [2.45, 2.75) is 85.5 Å². The van der Waals surface area contributed by atoms with Gasteiger partial charge in [0.2, 0.25) is 0 Å². The van der Waals surface area contributed by atoms with Crippen LogP contribution in [0.3, 0.4) is 0 Å². The second kappa shape index (κ2) is 8.56. The highest BCUT2D eigenvalue weighted by Gasteiger charge is 2.21. The monoisotopic (exact) mass is 247 g/mol. The van der Waals surface area contributed by atoms with Crippen LogP contribution in [0.4, 0.5) is 0 Å². The molecule has 1 aliphatic carbocycles. The first-order valence-electron chi connectivity index (χ1n) is 8.09. The van der Waals surface area contributed by atoms with Crippen LogP contribution in [0.15, 0.2) is 16.7 Å². The Bertz CT molecular complexity index is 293. The summed E-state index contributed by atoms with van der Waals surface area (Å²) in [6.07, 6.45) is 15.6. The summed E-state index contributed by atoms with van der Waals surface area (Å²) >= 11 is 0. The van der Waals surface area contributed by atoms with Crippen molar-refractivity contribution in [2.24, 2.45) is 5.92 Å². The summed E-state index contributed by atoms with van der Waals surface area (Å²) in [5, 5.41) is 0. The van der Waals surface area contributed by atoms with Gasteiger partial charge in [-0.25, -0.2) is 0 Å². The Morgan fingerprint density at radius 2 is 1.50 bits per heavy atom. The van der Waals surface area contributed by atoms with Crippen molar-refractivity contribution in [3.63, 3.8) is 0 Å². The molecule has 1 rings (SSSR count). The van der Waals surface area contributed by atoms with Crippen LogP contribution in [-0.2, 0) is 0 Å². The van der Waals surface area contributed by atoms with E-state index in [1.165, 1.54) is 57.8 Å². The third-order valence-corrected chi connectivity index (χ3v) is 4.11. The molecule has 0 aromatic carbocycles. The van der Waals surface area contributed by atoms with Gasteiger partial charge in [0.1, 0.15) is 0 Å². The first-order valence-corrected chi connectivity index (χ1v) is 8.09. The Morgan fingerprint density at radius 3 is 2.06 bits per heavy atom. The summed E-state index contributed by atoms with van der Waals surface area (Å²) in [5.41, 5.74) is 4.94. The van der Waals surface area contributed by atoms with Crippen LogP contribution < -0.4 is 0 Å². The Hall–Kier alpha value is -0.520. The number of allylic oxidation sites excluding steroid dienone is 4. The zero-order valence-corrected chi connectivity index (χ0v) is 12.9. The van der Waals surface area contributed by atoms with Crippen molar-refractivity contribution < 1.29 is 0 Å². The Balaban J connectivity index is 2.62. The van der Waals surface area contributed by atoms with E-state index in [0.717, 1.165) is 0 Å². The van der Waals surface area contributed by atoms with Gasteiger partial charge in [-0.05, 0) is 49.3 Å². The van der Waals surface area contributed by atoms with Crippen molar-refractivity contribution in [3.8, 4) is 0 Å². The molecule has 103 valence electrons. The molecule has 0 bridgehead atoms. The molecular weight excluding hydrogens is 216 g/mol. The first kappa shape index (κ1) is 15.5. The molecule has 18 heavy (non-hydrogen) atoms. The standard InChI is InChI=1S/C18H31/c1-5-8-10-12-16-14-15(4)17(7-3)18(16)13-11-9-6-2/h15H,5-13H2,1-4H3. The Morgan fingerprint density at radius 1 is 0.889 bits per heavy atom. The van der Waals surface area contributed by atoms with Gasteiger partial charge in [-0.2, -0.15) is 0 Å². The molecule has 0 heterocycles. The summed E-state index contributed by atoms with van der Waals surface area (Å²) in [4.78, 5) is 0. The van der Waals surface area contributed by atoms with E-state index in [1.54, 1.807) is 16.7 Å². The van der Waals surface area contributed by atoms with Crippen molar-refractivity contribution in [1.82, 2.24) is 0 Å². The summed E-state index contributed by atoms with van der Waals surface area (Å²) in [6.45, 7) is 9.20. The molecule has 0 spiro atoms. The van der Waals surface area contributed by atoms with Gasteiger partial charge in [0.05, 0.1) is 0 Å². The van der Waals surface area contributed by atoms with Gasteiger partial charge in [0, 0.05) is 5.92 Å². The summed E-state index contributed by atoms with van der Waals surface area (Å²) in [7, 11) is 0. The minimum Gasteiger partial charge on any atom is -0.0654 e. The van der Waals surface area contributed by atoms with Gasteiger partial charge in [-0.1, -0.05) is 59.0 Å². The molecule has 1 atom stereocenters. The minimum absolute atomic E-state index is 0.586. The van der Waals surface area contributed by atoms with Gasteiger partial charge >= 0.3 is 0 Å². The third-order valence-electron chi connectivity index (χ3n) is 4.11. The first-order chi connectivity index (χ1) is 8.74. The molecule has 0 saturated carbocycles. The maximum absolute atomic E-state index is 3.73. The van der Waals surface area contributed by atoms with E-state index >= 15 is 0 Å². The van der Waals surface area contributed by atoms with Crippen molar-refractivity contribution >= 4 is 0 Å². The molecule has 0 aromatic heterocycles. The average molecular weight is 247 g/mol. The molecule has 1 unspecified atom stereocenters. The maximum Gasteiger partial charge on any atom is 0.00315 e. The fourth-order valence-electron chi connectivity index (χ4n) is 3.05. The van der Waals surface area contributed by atoms with Gasteiger partial charge < -0.3 is 0 Å². The molecular formula is C18H31. The SMILES string of the molecule is CCCCCC1=[C]C(C)C(CC)=C1CCCCC. The smallest absolute Gasteiger partial charge is 0.00315 e. The lowest BCUT2D eigenvalue weighted by Gasteiger charge is -2.12. The molecule has 1 radical (unpaired) electrons. The molecule has 0 amide bonds. The molecule has 0 nitrogen and oxygen atoms in total. The molecule has 0 aromatic rings. The second-order valence-electron chi connectivity index (χ2n) is 5.62. The molecule has 0 fully saturated rings. The van der Waals surface area contributed by atoms with Gasteiger partial charge in [0.15, 0.2) is 0 Å². The van der Waals surface area contributed by atoms with E-state index in [0.29, 0.717) is 5.92 Å². The van der Waals surface area contributed by atoms with Crippen LogP contribution >= 0.6 is 0 Å². The zero-order chi connectivity index (χ0) is 13.4. The number of unbranched alkanes of at least 4 members (excludes halogenated alkanes) is 4. The van der Waals surface area contributed by atoms with Crippen LogP contribution in [0.2, 0.25) is 0 Å². The van der Waals surface area contributed by atoms with E-state index in [4.69, 9.17) is 0 Å². The van der Waals surface area contributed by atoms with E-state index in [9.17, 15) is 0 Å². The predicted molar refractivity (Wildman–Crippen MR) is 81.5 cm³/mol. The normalized spacial score (nSPS) is 19.6. The lowest BCUT2D eigenvalue weighted by molar-refractivity contribution is 0.688. The van der Waals surface area contributed by atoms with Crippen LogP contribution in [0.1, 0.15) is 85.5 Å². The third kappa shape index (κ3) is 4.30. The molecule has 0 N–H and O–H groups in total. The van der Waals surface area contributed by atoms with Crippen molar-refractivity contribution in [2.75, 3.05) is 0 Å². The van der Waals surface area contributed by atoms with E-state index < -0.39 is 0 Å². The maximum atomic E-state index is 3.73. The number of rotatable bonds is 9. The number of hydrogen-bond donors (Lipinski definition) is 0. The predicted octanol–water partition coefficient (Wildman–Crippen LogP) is 6.23. The number of hydrogen-bond acceptors (Lipinski definition) is 0. The highest BCUT2D eigenvalue weighted by atomic mass is 14.3. The van der Waals surface area contributed by atoms with E-state index in [1.807, 2.05) is 0 Å². The van der Waals surface area contributed by atoms with Gasteiger partial charge in [-0.3, -0.25) is 0 Å². The van der Waals surface area contributed by atoms with Crippen molar-refractivity contribution in [1.29, 1.82) is 0 Å². The summed E-state index contributed by atoms with van der Waals surface area (Å²) in [5.74, 6) is 0.586. The van der Waals surface area contributed by atoms with Gasteiger partial charge in [-0.15, -0.1) is 0 Å². The quantitative estimate of drug-likeness (QED) is 0.423. The molecule has 1 aliphatic rings. The zero-order valence-electron chi connectivity index (χ0n) is 12.9. The average Bonchev–Trinajstić information content (AvgIpc) is 2.66. The topological polar surface area (TPSA) is 0 Å². The van der Waals surface area contributed by atoms with Crippen LogP contribution in [0.25, 0.3) is 0 Å². The lowest BCUT2D eigenvalue weighted by atomic mass is 9.93. The van der Waals surface area contributed by atoms with Gasteiger partial charge in [0.25, 0.3) is 0 Å². The van der Waals surface area contributed by atoms with Crippen LogP contribution in [0.5, 0.6) is 0 Å². The fourth-order valence-corrected chi connectivity index (χ4v) is 3.05. The van der Waals surface area contributed by atoms with E-state index in [2.05, 4.69) is 33.8 Å². The van der Waals surface area contributed by atoms with Crippen LogP contribution in [0, 0.1) is 12.0 Å². The lowest BCUT2D eigenvalue weighted by Crippen LogP contribution is -1.94. The highest BCUT2D eigenvalue weighted by molar-refractivity contribution is 5.41. The molecule has 0 saturated heterocycles. The largest absolute Gasteiger partial charge is 0.0654 e. The summed E-state index contributed by atoms with van der Waals surface area (Å²) in [6, 6.07) is 0. The Kier molecular flexibility index (Phi) is 7.39. The molecule has 0 aliphatic heterocycles. The van der Waals surface area contributed by atoms with Crippen molar-refractivity contribution in [3.05, 3.63) is 22.8 Å². The summed E-state index contributed by atoms with van der Waals surface area (Å²) < 4.78 is 0. The second-order valence-corrected chi connectivity index (χ2v) is 5.62. The highest BCUT2D eigenvalue weighted by Crippen LogP contribution is 2.37. The molecule has 0 heteroatoms. The van der Waals surface area contributed by atoms with Crippen LogP contribution in [-0.4, -0.2) is 0 Å². The minimum atomic E-state index is 0.586.